The second kappa shape index (κ2) is 11.4. The first-order valence-corrected chi connectivity index (χ1v) is 14.3. The van der Waals surface area contributed by atoms with E-state index in [2.05, 4.69) is 10.2 Å². The first-order chi connectivity index (χ1) is 19.1. The molecule has 3 aromatic carbocycles. The van der Waals surface area contributed by atoms with Gasteiger partial charge in [0.2, 0.25) is 5.91 Å². The van der Waals surface area contributed by atoms with Crippen LogP contribution in [-0.4, -0.2) is 56.7 Å². The highest BCUT2D eigenvalue weighted by molar-refractivity contribution is 7.87. The van der Waals surface area contributed by atoms with Crippen molar-refractivity contribution < 1.29 is 22.6 Å². The Hall–Kier alpha value is -3.79. The van der Waals surface area contributed by atoms with Crippen molar-refractivity contribution in [3.63, 3.8) is 0 Å². The number of hydrogen-bond donors (Lipinski definition) is 0. The molecule has 0 aliphatic carbocycles. The summed E-state index contributed by atoms with van der Waals surface area (Å²) in [6, 6.07) is 17.6. The minimum absolute atomic E-state index is 0.0175. The Morgan fingerprint density at radius 1 is 0.950 bits per heavy atom. The van der Waals surface area contributed by atoms with Crippen LogP contribution in [0, 0.1) is 11.6 Å². The van der Waals surface area contributed by atoms with Gasteiger partial charge < -0.3 is 9.80 Å². The zero-order valence-corrected chi connectivity index (χ0v) is 23.2. The molecular weight excluding hydrogens is 534 g/mol. The van der Waals surface area contributed by atoms with Gasteiger partial charge in [0.1, 0.15) is 22.4 Å². The third-order valence-electron chi connectivity index (χ3n) is 7.43. The Labute approximate surface area is 234 Å². The fraction of sp³-hybridized carbons (Fsp3) is 0.333. The summed E-state index contributed by atoms with van der Waals surface area (Å²) in [5, 5.41) is 8.62. The summed E-state index contributed by atoms with van der Waals surface area (Å²) in [5.41, 5.74) is 2.96. The quantitative estimate of drug-likeness (QED) is 0.419. The highest BCUT2D eigenvalue weighted by Crippen LogP contribution is 2.31. The number of azo groups is 1. The number of nitrogens with zero attached hydrogens (tertiary/aromatic N) is 4. The first kappa shape index (κ1) is 27.8. The maximum Gasteiger partial charge on any atom is 0.256 e. The van der Waals surface area contributed by atoms with Gasteiger partial charge in [0.05, 0.1) is 22.9 Å². The van der Waals surface area contributed by atoms with Crippen LogP contribution in [-0.2, 0) is 28.6 Å². The lowest BCUT2D eigenvalue weighted by atomic mass is 9.93. The van der Waals surface area contributed by atoms with E-state index in [4.69, 9.17) is 0 Å². The predicted octanol–water partition coefficient (Wildman–Crippen LogP) is 5.09. The normalized spacial score (nSPS) is 17.9. The summed E-state index contributed by atoms with van der Waals surface area (Å²) in [6.45, 7) is 4.63. The van der Waals surface area contributed by atoms with Crippen molar-refractivity contribution in [1.82, 2.24) is 9.80 Å². The monoisotopic (exact) mass is 564 g/mol. The molecule has 0 aromatic heterocycles. The molecule has 2 aliphatic rings. The second-order valence-electron chi connectivity index (χ2n) is 10.5. The number of piperazine rings is 1. The van der Waals surface area contributed by atoms with Gasteiger partial charge in [0.25, 0.3) is 5.91 Å². The topological polar surface area (TPSA) is 82.4 Å². The van der Waals surface area contributed by atoms with Crippen molar-refractivity contribution in [3.8, 4) is 0 Å². The number of carbonyl (C=O) groups excluding carboxylic acids is 2. The molecule has 0 spiro atoms. The molecule has 1 fully saturated rings. The number of halogens is 2. The van der Waals surface area contributed by atoms with Crippen molar-refractivity contribution >= 4 is 22.6 Å². The molecule has 3 aromatic rings. The molecule has 10 heteroatoms. The smallest absolute Gasteiger partial charge is 0.256 e. The maximum absolute atomic E-state index is 14.8. The van der Waals surface area contributed by atoms with Gasteiger partial charge in [-0.15, -0.1) is 0 Å². The zero-order chi connectivity index (χ0) is 28.4. The fourth-order valence-corrected chi connectivity index (χ4v) is 6.37. The summed E-state index contributed by atoms with van der Waals surface area (Å²) in [6.07, 6.45) is 0.490. The van der Waals surface area contributed by atoms with Gasteiger partial charge in [0.15, 0.2) is 0 Å². The highest BCUT2D eigenvalue weighted by Gasteiger charge is 2.40. The molecule has 0 saturated carbocycles. The van der Waals surface area contributed by atoms with E-state index in [-0.39, 0.29) is 43.7 Å². The standard InChI is InChI=1S/C30H30F2N4O3S/c1-30(2,40(39)23-10-8-22(31)9-11-23)29(38)36-15-13-35(14-16-36)28(37)25-17-20(7-12-26(25)32)18-27-24-6-4-3-5-21(24)19-33-34-27/h3-12,17,27H,13-16,18-19H2,1-2H3. The van der Waals surface area contributed by atoms with Crippen molar-refractivity contribution in [1.29, 1.82) is 0 Å². The highest BCUT2D eigenvalue weighted by atomic mass is 32.2. The summed E-state index contributed by atoms with van der Waals surface area (Å²) in [4.78, 5) is 30.1. The predicted molar refractivity (Wildman–Crippen MR) is 147 cm³/mol. The van der Waals surface area contributed by atoms with E-state index in [0.29, 0.717) is 17.9 Å². The largest absolute Gasteiger partial charge is 0.338 e. The molecule has 2 aliphatic heterocycles. The SMILES string of the molecule is CC(C)(C(=O)N1CCN(C(=O)c2cc(CC3N=NCc4ccccc43)ccc2F)CC1)S(=O)c1ccc(F)cc1. The number of fused-ring (bicyclic) bond motifs is 1. The van der Waals surface area contributed by atoms with E-state index in [1.807, 2.05) is 24.3 Å². The minimum atomic E-state index is -1.71. The lowest BCUT2D eigenvalue weighted by Crippen LogP contribution is -2.56. The van der Waals surface area contributed by atoms with Gasteiger partial charge in [-0.25, -0.2) is 8.78 Å². The average Bonchev–Trinajstić information content (AvgIpc) is 2.97. The van der Waals surface area contributed by atoms with Crippen molar-refractivity contribution in [2.24, 2.45) is 10.2 Å². The first-order valence-electron chi connectivity index (χ1n) is 13.1. The number of benzene rings is 3. The molecule has 0 radical (unpaired) electrons. The Kier molecular flexibility index (Phi) is 7.89. The molecule has 208 valence electrons. The molecule has 2 amide bonds. The molecule has 1 saturated heterocycles. The molecule has 7 nitrogen and oxygen atoms in total. The van der Waals surface area contributed by atoms with Crippen molar-refractivity contribution in [2.75, 3.05) is 26.2 Å². The van der Waals surface area contributed by atoms with Crippen LogP contribution in [0.25, 0.3) is 0 Å². The van der Waals surface area contributed by atoms with Gasteiger partial charge >= 0.3 is 0 Å². The number of hydrogen-bond acceptors (Lipinski definition) is 5. The van der Waals surface area contributed by atoms with E-state index in [0.717, 1.165) is 16.7 Å². The number of carbonyl (C=O) groups is 2. The zero-order valence-electron chi connectivity index (χ0n) is 22.3. The van der Waals surface area contributed by atoms with Crippen molar-refractivity contribution in [2.45, 2.75) is 42.5 Å². The average molecular weight is 565 g/mol. The summed E-state index contributed by atoms with van der Waals surface area (Å²) in [7, 11) is -1.71. The maximum atomic E-state index is 14.8. The Morgan fingerprint density at radius 3 is 2.35 bits per heavy atom. The number of amides is 2. The van der Waals surface area contributed by atoms with Crippen LogP contribution in [0.3, 0.4) is 0 Å². The van der Waals surface area contributed by atoms with Crippen LogP contribution >= 0.6 is 0 Å². The van der Waals surface area contributed by atoms with E-state index in [1.165, 1.54) is 35.2 Å². The Morgan fingerprint density at radius 2 is 1.62 bits per heavy atom. The Balaban J connectivity index is 1.24. The van der Waals surface area contributed by atoms with E-state index in [9.17, 15) is 22.6 Å². The molecule has 2 heterocycles. The van der Waals surface area contributed by atoms with Gasteiger partial charge in [0, 0.05) is 37.5 Å². The summed E-state index contributed by atoms with van der Waals surface area (Å²) < 4.78 is 40.0. The van der Waals surface area contributed by atoms with Gasteiger partial charge in [-0.2, -0.15) is 10.2 Å². The van der Waals surface area contributed by atoms with Crippen LogP contribution in [0.1, 0.15) is 46.9 Å². The minimum Gasteiger partial charge on any atom is -0.338 e. The molecule has 0 N–H and O–H groups in total. The van der Waals surface area contributed by atoms with Crippen LogP contribution in [0.2, 0.25) is 0 Å². The van der Waals surface area contributed by atoms with Gasteiger partial charge in [-0.05, 0) is 66.9 Å². The van der Waals surface area contributed by atoms with Crippen LogP contribution in [0.15, 0.2) is 81.9 Å². The molecule has 0 bridgehead atoms. The van der Waals surface area contributed by atoms with Crippen LogP contribution < -0.4 is 0 Å². The van der Waals surface area contributed by atoms with E-state index in [1.54, 1.807) is 30.9 Å². The second-order valence-corrected chi connectivity index (χ2v) is 12.5. The van der Waals surface area contributed by atoms with Gasteiger partial charge in [-0.1, -0.05) is 30.3 Å². The molecule has 2 atom stereocenters. The Bertz CT molecular complexity index is 1480. The summed E-state index contributed by atoms with van der Waals surface area (Å²) in [5.74, 6) is -1.81. The fourth-order valence-electron chi connectivity index (χ4n) is 5.11. The lowest BCUT2D eigenvalue weighted by molar-refractivity contribution is -0.134. The number of rotatable bonds is 6. The van der Waals surface area contributed by atoms with E-state index >= 15 is 0 Å². The van der Waals surface area contributed by atoms with Crippen LogP contribution in [0.5, 0.6) is 0 Å². The van der Waals surface area contributed by atoms with Crippen molar-refractivity contribution in [3.05, 3.63) is 101 Å². The third kappa shape index (κ3) is 5.58. The third-order valence-corrected chi connectivity index (χ3v) is 9.23. The van der Waals surface area contributed by atoms with Gasteiger partial charge in [-0.3, -0.25) is 13.8 Å². The molecule has 5 rings (SSSR count). The molecular formula is C30H30F2N4O3S. The molecule has 40 heavy (non-hydrogen) atoms. The molecule has 2 unspecified atom stereocenters. The lowest BCUT2D eigenvalue weighted by Gasteiger charge is -2.38. The van der Waals surface area contributed by atoms with E-state index < -0.39 is 33.1 Å². The summed E-state index contributed by atoms with van der Waals surface area (Å²) >= 11 is 0. The van der Waals surface area contributed by atoms with Crippen LogP contribution in [0.4, 0.5) is 8.78 Å².